The quantitative estimate of drug-likeness (QED) is 0.303. The molecule has 37 heavy (non-hydrogen) atoms. The number of rotatable bonds is 7. The number of anilines is 1. The minimum absolute atomic E-state index is 0.147. The number of carbonyl (C=O) groups is 2. The molecule has 5 rings (SSSR count). The average molecular weight is 497 g/mol. The maximum absolute atomic E-state index is 13.6. The number of furan rings is 1. The lowest BCUT2D eigenvalue weighted by molar-refractivity contribution is 0.0729. The Bertz CT molecular complexity index is 1410. The van der Waals surface area contributed by atoms with Crippen molar-refractivity contribution in [2.24, 2.45) is 0 Å². The van der Waals surface area contributed by atoms with Crippen molar-refractivity contribution in [3.8, 4) is 11.3 Å². The van der Waals surface area contributed by atoms with Crippen molar-refractivity contribution in [2.75, 3.05) is 11.9 Å². The molecule has 5 nitrogen and oxygen atoms in total. The summed E-state index contributed by atoms with van der Waals surface area (Å²) < 4.78 is 19.6. The number of benzene rings is 3. The van der Waals surface area contributed by atoms with E-state index in [0.717, 1.165) is 36.1 Å². The molecule has 188 valence electrons. The van der Waals surface area contributed by atoms with Gasteiger partial charge in [-0.2, -0.15) is 0 Å². The van der Waals surface area contributed by atoms with E-state index >= 15 is 0 Å². The summed E-state index contributed by atoms with van der Waals surface area (Å²) in [5, 5.41) is 2.95. The van der Waals surface area contributed by atoms with Gasteiger partial charge in [-0.15, -0.1) is 0 Å². The van der Waals surface area contributed by atoms with E-state index in [2.05, 4.69) is 12.2 Å². The van der Waals surface area contributed by atoms with Crippen LogP contribution in [0.4, 0.5) is 10.1 Å². The summed E-state index contributed by atoms with van der Waals surface area (Å²) in [4.78, 5) is 27.2. The van der Waals surface area contributed by atoms with E-state index in [1.807, 2.05) is 54.6 Å². The molecule has 1 aliphatic heterocycles. The van der Waals surface area contributed by atoms with Crippen LogP contribution in [-0.2, 0) is 19.4 Å². The first kappa shape index (κ1) is 24.5. The first-order valence-electron chi connectivity index (χ1n) is 12.7. The summed E-state index contributed by atoms with van der Waals surface area (Å²) in [6.45, 7) is 3.10. The lowest BCUT2D eigenvalue weighted by Crippen LogP contribution is -2.35. The molecular weight excluding hydrogens is 467 g/mol. The molecule has 1 aromatic heterocycles. The highest BCUT2D eigenvalue weighted by atomic mass is 19.1. The van der Waals surface area contributed by atoms with E-state index in [1.54, 1.807) is 17.0 Å². The molecule has 0 saturated carbocycles. The fourth-order valence-electron chi connectivity index (χ4n) is 4.58. The predicted octanol–water partition coefficient (Wildman–Crippen LogP) is 6.88. The van der Waals surface area contributed by atoms with Gasteiger partial charge < -0.3 is 14.6 Å². The topological polar surface area (TPSA) is 62.6 Å². The van der Waals surface area contributed by atoms with Crippen LogP contribution in [0.25, 0.3) is 11.3 Å². The molecule has 0 fully saturated rings. The van der Waals surface area contributed by atoms with Crippen LogP contribution in [0.5, 0.6) is 0 Å². The van der Waals surface area contributed by atoms with Gasteiger partial charge in [-0.1, -0.05) is 31.5 Å². The van der Waals surface area contributed by atoms with Crippen LogP contribution in [0.1, 0.15) is 57.4 Å². The van der Waals surface area contributed by atoms with Crippen LogP contribution < -0.4 is 5.32 Å². The van der Waals surface area contributed by atoms with Gasteiger partial charge in [0.15, 0.2) is 0 Å². The van der Waals surface area contributed by atoms with Gasteiger partial charge in [-0.25, -0.2) is 4.39 Å². The summed E-state index contributed by atoms with van der Waals surface area (Å²) >= 11 is 0. The number of hydrogen-bond acceptors (Lipinski definition) is 3. The van der Waals surface area contributed by atoms with Gasteiger partial charge in [0, 0.05) is 47.5 Å². The second kappa shape index (κ2) is 10.8. The van der Waals surface area contributed by atoms with E-state index in [4.69, 9.17) is 4.42 Å². The minimum Gasteiger partial charge on any atom is -0.461 e. The van der Waals surface area contributed by atoms with Crippen molar-refractivity contribution >= 4 is 17.5 Å². The summed E-state index contributed by atoms with van der Waals surface area (Å²) in [5.74, 6) is 0.813. The van der Waals surface area contributed by atoms with Gasteiger partial charge in [0.05, 0.1) is 0 Å². The molecule has 1 aliphatic rings. The van der Waals surface area contributed by atoms with Gasteiger partial charge in [-0.3, -0.25) is 9.59 Å². The Balaban J connectivity index is 1.23. The smallest absolute Gasteiger partial charge is 0.255 e. The van der Waals surface area contributed by atoms with Crippen molar-refractivity contribution in [3.63, 3.8) is 0 Å². The molecule has 3 aromatic carbocycles. The third kappa shape index (κ3) is 5.64. The van der Waals surface area contributed by atoms with Crippen LogP contribution in [0.15, 0.2) is 83.3 Å². The van der Waals surface area contributed by atoms with Gasteiger partial charge in [-0.05, 0) is 79.1 Å². The molecule has 2 amide bonds. The fourth-order valence-corrected chi connectivity index (χ4v) is 4.58. The number of aryl methyl sites for hydroxylation is 1. The molecule has 0 aliphatic carbocycles. The van der Waals surface area contributed by atoms with Gasteiger partial charge >= 0.3 is 0 Å². The normalized spacial score (nSPS) is 12.8. The summed E-state index contributed by atoms with van der Waals surface area (Å²) in [6, 6.07) is 23.0. The first-order chi connectivity index (χ1) is 18.0. The molecule has 0 spiro atoms. The third-order valence-electron chi connectivity index (χ3n) is 6.69. The predicted molar refractivity (Wildman–Crippen MR) is 142 cm³/mol. The Morgan fingerprint density at radius 1 is 0.973 bits per heavy atom. The summed E-state index contributed by atoms with van der Waals surface area (Å²) in [7, 11) is 0. The molecule has 0 atom stereocenters. The molecule has 0 radical (unpaired) electrons. The molecule has 0 unspecified atom stereocenters. The lowest BCUT2D eigenvalue weighted by Gasteiger charge is -2.26. The van der Waals surface area contributed by atoms with E-state index in [1.165, 1.54) is 17.7 Å². The van der Waals surface area contributed by atoms with E-state index in [9.17, 15) is 14.0 Å². The molecular formula is C31H29FN2O3. The zero-order valence-electron chi connectivity index (χ0n) is 20.8. The highest BCUT2D eigenvalue weighted by Crippen LogP contribution is 2.31. The van der Waals surface area contributed by atoms with Gasteiger partial charge in [0.1, 0.15) is 17.3 Å². The number of nitrogens with zero attached hydrogens (tertiary/aromatic N) is 1. The Labute approximate surface area is 215 Å². The van der Waals surface area contributed by atoms with Crippen molar-refractivity contribution in [1.29, 1.82) is 0 Å². The van der Waals surface area contributed by atoms with Crippen LogP contribution in [0.2, 0.25) is 0 Å². The van der Waals surface area contributed by atoms with Crippen LogP contribution >= 0.6 is 0 Å². The van der Waals surface area contributed by atoms with Crippen LogP contribution in [0, 0.1) is 5.82 Å². The Morgan fingerprint density at radius 2 is 1.76 bits per heavy atom. The maximum Gasteiger partial charge on any atom is 0.255 e. The number of halogens is 1. The summed E-state index contributed by atoms with van der Waals surface area (Å²) in [6.07, 6.45) is 3.91. The van der Waals surface area contributed by atoms with E-state index in [0.29, 0.717) is 42.1 Å². The Morgan fingerprint density at radius 3 is 2.49 bits per heavy atom. The molecule has 1 N–H and O–H groups in total. The highest BCUT2D eigenvalue weighted by Gasteiger charge is 2.25. The number of hydrogen-bond donors (Lipinski definition) is 1. The average Bonchev–Trinajstić information content (AvgIpc) is 3.35. The molecule has 0 bridgehead atoms. The van der Waals surface area contributed by atoms with Crippen LogP contribution in [-0.4, -0.2) is 23.3 Å². The van der Waals surface area contributed by atoms with Gasteiger partial charge in [0.25, 0.3) is 11.8 Å². The van der Waals surface area contributed by atoms with Crippen molar-refractivity contribution in [3.05, 3.63) is 113 Å². The van der Waals surface area contributed by atoms with E-state index < -0.39 is 5.82 Å². The maximum atomic E-state index is 13.6. The van der Waals surface area contributed by atoms with Crippen molar-refractivity contribution in [2.45, 2.75) is 39.2 Å². The molecule has 2 heterocycles. The van der Waals surface area contributed by atoms with Gasteiger partial charge in [0.2, 0.25) is 0 Å². The lowest BCUT2D eigenvalue weighted by atomic mass is 10.1. The molecule has 0 saturated heterocycles. The first-order valence-corrected chi connectivity index (χ1v) is 12.7. The second-order valence-corrected chi connectivity index (χ2v) is 9.38. The standard InChI is InChI=1S/C31H29FN2O3/c1-2-3-5-21-8-10-23(11-9-21)30(35)33-27-14-12-22(13-15-27)29-19-25-20-34(17-16-28(25)37-29)31(36)24-6-4-7-26(32)18-24/h4,6-15,18-19H,2-3,5,16-17,20H2,1H3,(H,33,35). The largest absolute Gasteiger partial charge is 0.461 e. The fraction of sp³-hybridized carbons (Fsp3) is 0.226. The number of nitrogens with one attached hydrogen (secondary N) is 1. The number of amides is 2. The Kier molecular flexibility index (Phi) is 7.17. The Hall–Kier alpha value is -4.19. The SMILES string of the molecule is CCCCc1ccc(C(=O)Nc2ccc(-c3cc4c(o3)CCN(C(=O)c3cccc(F)c3)C4)cc2)cc1. The van der Waals surface area contributed by atoms with Crippen molar-refractivity contribution in [1.82, 2.24) is 4.90 Å². The summed E-state index contributed by atoms with van der Waals surface area (Å²) in [5.41, 5.74) is 4.75. The van der Waals surface area contributed by atoms with E-state index in [-0.39, 0.29) is 11.8 Å². The number of fused-ring (bicyclic) bond motifs is 1. The monoisotopic (exact) mass is 496 g/mol. The minimum atomic E-state index is -0.422. The highest BCUT2D eigenvalue weighted by molar-refractivity contribution is 6.04. The molecule has 4 aromatic rings. The molecule has 6 heteroatoms. The third-order valence-corrected chi connectivity index (χ3v) is 6.69. The second-order valence-electron chi connectivity index (χ2n) is 9.38. The zero-order valence-corrected chi connectivity index (χ0v) is 20.8. The number of unbranched alkanes of at least 4 members (excludes halogenated alkanes) is 1. The van der Waals surface area contributed by atoms with Crippen LogP contribution in [0.3, 0.4) is 0 Å². The van der Waals surface area contributed by atoms with Crippen molar-refractivity contribution < 1.29 is 18.4 Å². The zero-order chi connectivity index (χ0) is 25.8. The number of carbonyl (C=O) groups excluding carboxylic acids is 2.